The van der Waals surface area contributed by atoms with E-state index in [-0.39, 0.29) is 11.8 Å². The number of nitrogens with one attached hydrogen (secondary N) is 2. The van der Waals surface area contributed by atoms with E-state index in [9.17, 15) is 4.79 Å². The average Bonchev–Trinajstić information content (AvgIpc) is 3.35. The summed E-state index contributed by atoms with van der Waals surface area (Å²) in [5, 5.41) is 10.7. The highest BCUT2D eigenvalue weighted by atomic mass is 16.5. The van der Waals surface area contributed by atoms with E-state index >= 15 is 0 Å². The molecule has 0 aliphatic carbocycles. The van der Waals surface area contributed by atoms with Crippen LogP contribution in [0.1, 0.15) is 29.9 Å². The number of methoxy groups -OCH3 is 2. The molecule has 1 aromatic heterocycles. The molecular weight excluding hydrogens is 446 g/mol. The lowest BCUT2D eigenvalue weighted by molar-refractivity contribution is -0.122. The van der Waals surface area contributed by atoms with E-state index in [1.165, 1.54) is 0 Å². The highest BCUT2D eigenvalue weighted by molar-refractivity contribution is 5.76. The number of carbonyl (C=O) groups excluding carboxylic acids is 1. The second-order valence-electron chi connectivity index (χ2n) is 8.77. The van der Waals surface area contributed by atoms with E-state index < -0.39 is 0 Å². The number of aromatic nitrogens is 1. The molecule has 0 spiro atoms. The van der Waals surface area contributed by atoms with Crippen molar-refractivity contribution in [3.05, 3.63) is 71.6 Å². The Hall–Kier alpha value is -3.52. The van der Waals surface area contributed by atoms with Crippen LogP contribution in [0.2, 0.25) is 0 Å². The molecule has 1 saturated heterocycles. The minimum absolute atomic E-state index is 0.0498. The van der Waals surface area contributed by atoms with E-state index in [2.05, 4.69) is 15.8 Å². The topological polar surface area (TPSA) is 94.9 Å². The predicted molar refractivity (Wildman–Crippen MR) is 131 cm³/mol. The number of rotatable bonds is 11. The van der Waals surface area contributed by atoms with Crippen molar-refractivity contribution in [1.29, 1.82) is 0 Å². The summed E-state index contributed by atoms with van der Waals surface area (Å²) in [6, 6.07) is 17.2. The first-order valence-electron chi connectivity index (χ1n) is 11.9. The molecule has 0 bridgehead atoms. The van der Waals surface area contributed by atoms with Gasteiger partial charge in [-0.05, 0) is 67.6 Å². The van der Waals surface area contributed by atoms with Crippen LogP contribution < -0.4 is 24.8 Å². The first-order chi connectivity index (χ1) is 17.1. The Morgan fingerprint density at radius 2 is 1.91 bits per heavy atom. The molecule has 8 heteroatoms. The van der Waals surface area contributed by atoms with Crippen LogP contribution in [0.3, 0.4) is 0 Å². The number of ether oxygens (including phenoxy) is 3. The third kappa shape index (κ3) is 6.99. The van der Waals surface area contributed by atoms with Gasteiger partial charge in [-0.25, -0.2) is 0 Å². The molecule has 4 rings (SSSR count). The molecule has 0 radical (unpaired) electrons. The van der Waals surface area contributed by atoms with Gasteiger partial charge in [-0.3, -0.25) is 4.79 Å². The van der Waals surface area contributed by atoms with Crippen LogP contribution in [0, 0.1) is 11.8 Å². The van der Waals surface area contributed by atoms with Gasteiger partial charge in [0.25, 0.3) is 0 Å². The molecular formula is C27H33N3O5. The second kappa shape index (κ2) is 12.3. The third-order valence-corrected chi connectivity index (χ3v) is 6.35. The van der Waals surface area contributed by atoms with Crippen LogP contribution in [-0.4, -0.2) is 38.4 Å². The van der Waals surface area contributed by atoms with Crippen molar-refractivity contribution in [2.24, 2.45) is 11.8 Å². The third-order valence-electron chi connectivity index (χ3n) is 6.35. The van der Waals surface area contributed by atoms with Gasteiger partial charge in [-0.2, -0.15) is 0 Å². The fourth-order valence-electron chi connectivity index (χ4n) is 4.45. The van der Waals surface area contributed by atoms with Gasteiger partial charge in [-0.1, -0.05) is 29.4 Å². The van der Waals surface area contributed by atoms with Gasteiger partial charge in [0, 0.05) is 19.0 Å². The number of hydrogen-bond acceptors (Lipinski definition) is 7. The van der Waals surface area contributed by atoms with Crippen LogP contribution in [0.4, 0.5) is 0 Å². The van der Waals surface area contributed by atoms with Crippen molar-refractivity contribution in [3.63, 3.8) is 0 Å². The molecule has 2 atom stereocenters. The summed E-state index contributed by atoms with van der Waals surface area (Å²) in [5.74, 6) is 3.44. The van der Waals surface area contributed by atoms with Gasteiger partial charge in [-0.15, -0.1) is 0 Å². The molecule has 3 aromatic rings. The number of benzene rings is 2. The molecule has 1 aliphatic rings. The monoisotopic (exact) mass is 479 g/mol. The van der Waals surface area contributed by atoms with Crippen LogP contribution in [0.15, 0.2) is 59.1 Å². The Bertz CT molecular complexity index is 1090. The summed E-state index contributed by atoms with van der Waals surface area (Å²) in [7, 11) is 3.21. The van der Waals surface area contributed by atoms with Crippen molar-refractivity contribution < 1.29 is 23.5 Å². The van der Waals surface area contributed by atoms with Crippen LogP contribution in [0.25, 0.3) is 0 Å². The number of piperidine rings is 1. The van der Waals surface area contributed by atoms with Crippen LogP contribution in [-0.2, 0) is 24.4 Å². The van der Waals surface area contributed by atoms with Gasteiger partial charge in [0.15, 0.2) is 17.3 Å². The van der Waals surface area contributed by atoms with E-state index in [1.807, 2.05) is 54.6 Å². The first kappa shape index (κ1) is 24.6. The minimum atomic E-state index is 0.0498. The average molecular weight is 480 g/mol. The molecule has 8 nitrogen and oxygen atoms in total. The highest BCUT2D eigenvalue weighted by Crippen LogP contribution is 2.28. The molecule has 1 fully saturated rings. The van der Waals surface area contributed by atoms with Crippen LogP contribution >= 0.6 is 0 Å². The minimum Gasteiger partial charge on any atom is -0.493 e. The molecule has 2 N–H and O–H groups in total. The molecule has 0 saturated carbocycles. The maximum Gasteiger partial charge on any atom is 0.220 e. The van der Waals surface area contributed by atoms with Crippen molar-refractivity contribution in [2.75, 3.05) is 27.3 Å². The summed E-state index contributed by atoms with van der Waals surface area (Å²) in [4.78, 5) is 12.7. The van der Waals surface area contributed by atoms with E-state index in [0.717, 1.165) is 42.9 Å². The highest BCUT2D eigenvalue weighted by Gasteiger charge is 2.28. The fraction of sp³-hybridized carbons (Fsp3) is 0.407. The SMILES string of the molecule is COc1ccc(CNC(=O)CC2CCNCC2Cc2cc(COc3ccccc3)on2)cc1OC. The zero-order valence-corrected chi connectivity index (χ0v) is 20.3. The normalized spacial score (nSPS) is 17.5. The second-order valence-corrected chi connectivity index (χ2v) is 8.77. The number of amides is 1. The Labute approximate surface area is 205 Å². The summed E-state index contributed by atoms with van der Waals surface area (Å²) >= 11 is 0. The molecule has 186 valence electrons. The zero-order valence-electron chi connectivity index (χ0n) is 20.3. The summed E-state index contributed by atoms with van der Waals surface area (Å²) in [6.45, 7) is 2.56. The maximum absolute atomic E-state index is 12.7. The summed E-state index contributed by atoms with van der Waals surface area (Å²) in [5.41, 5.74) is 1.85. The Morgan fingerprint density at radius 1 is 1.09 bits per heavy atom. The van der Waals surface area contributed by atoms with Gasteiger partial charge < -0.3 is 29.4 Å². The van der Waals surface area contributed by atoms with E-state index in [1.54, 1.807) is 14.2 Å². The lowest BCUT2D eigenvalue weighted by atomic mass is 9.81. The molecule has 1 amide bonds. The van der Waals surface area contributed by atoms with Crippen molar-refractivity contribution in [1.82, 2.24) is 15.8 Å². The molecule has 2 heterocycles. The van der Waals surface area contributed by atoms with Gasteiger partial charge in [0.2, 0.25) is 5.91 Å². The van der Waals surface area contributed by atoms with E-state index in [4.69, 9.17) is 18.7 Å². The van der Waals surface area contributed by atoms with Crippen molar-refractivity contribution in [3.8, 4) is 17.2 Å². The summed E-state index contributed by atoms with van der Waals surface area (Å²) < 4.78 is 21.8. The number of nitrogens with zero attached hydrogens (tertiary/aromatic N) is 1. The predicted octanol–water partition coefficient (Wildman–Crippen LogP) is 3.75. The van der Waals surface area contributed by atoms with Gasteiger partial charge >= 0.3 is 0 Å². The number of carbonyl (C=O) groups is 1. The summed E-state index contributed by atoms with van der Waals surface area (Å²) in [6.07, 6.45) is 2.20. The Morgan fingerprint density at radius 3 is 2.71 bits per heavy atom. The lowest BCUT2D eigenvalue weighted by Gasteiger charge is -2.31. The fourth-order valence-corrected chi connectivity index (χ4v) is 4.45. The largest absolute Gasteiger partial charge is 0.493 e. The van der Waals surface area contributed by atoms with Crippen molar-refractivity contribution in [2.45, 2.75) is 32.4 Å². The number of para-hydroxylation sites is 1. The maximum atomic E-state index is 12.7. The quantitative estimate of drug-likeness (QED) is 0.433. The molecule has 2 aromatic carbocycles. The zero-order chi connectivity index (χ0) is 24.5. The Kier molecular flexibility index (Phi) is 8.62. The molecule has 2 unspecified atom stereocenters. The lowest BCUT2D eigenvalue weighted by Crippen LogP contribution is -2.40. The number of hydrogen-bond donors (Lipinski definition) is 2. The Balaban J connectivity index is 1.28. The van der Waals surface area contributed by atoms with Gasteiger partial charge in [0.05, 0.1) is 19.9 Å². The standard InChI is InChI=1S/C27H33N3O5/c1-32-25-9-8-19(12-26(25)33-2)16-29-27(31)14-20-10-11-28-17-21(20)13-22-15-24(35-30-22)18-34-23-6-4-3-5-7-23/h3-9,12,15,20-21,28H,10-11,13-14,16-18H2,1-2H3,(H,29,31). The smallest absolute Gasteiger partial charge is 0.220 e. The first-order valence-corrected chi connectivity index (χ1v) is 11.9. The van der Waals surface area contributed by atoms with Gasteiger partial charge in [0.1, 0.15) is 12.4 Å². The van der Waals surface area contributed by atoms with Crippen molar-refractivity contribution >= 4 is 5.91 Å². The molecule has 1 aliphatic heterocycles. The van der Waals surface area contributed by atoms with E-state index in [0.29, 0.717) is 42.7 Å². The van der Waals surface area contributed by atoms with Crippen LogP contribution in [0.5, 0.6) is 17.2 Å². The molecule has 35 heavy (non-hydrogen) atoms.